The van der Waals surface area contributed by atoms with Crippen molar-refractivity contribution in [2.75, 3.05) is 13.7 Å². The molecule has 1 aromatic carbocycles. The largest absolute Gasteiger partial charge is 0.372 e. The molecule has 0 bridgehead atoms. The van der Waals surface area contributed by atoms with Crippen LogP contribution >= 0.6 is 0 Å². The highest BCUT2D eigenvalue weighted by atomic mass is 16.5. The van der Waals surface area contributed by atoms with Gasteiger partial charge in [0.1, 0.15) is 5.60 Å². The zero-order valence-electron chi connectivity index (χ0n) is 13.0. The summed E-state index contributed by atoms with van der Waals surface area (Å²) in [6.45, 7) is 2.61. The summed E-state index contributed by atoms with van der Waals surface area (Å²) in [6, 6.07) is 10.1. The van der Waals surface area contributed by atoms with Gasteiger partial charge in [0.05, 0.1) is 6.54 Å². The number of rotatable bonds is 6. The van der Waals surface area contributed by atoms with E-state index in [0.29, 0.717) is 6.54 Å². The van der Waals surface area contributed by atoms with Gasteiger partial charge < -0.3 is 10.1 Å². The van der Waals surface area contributed by atoms with Gasteiger partial charge in [-0.2, -0.15) is 0 Å². The number of nitrogens with one attached hydrogen (secondary N) is 1. The summed E-state index contributed by atoms with van der Waals surface area (Å²) in [4.78, 5) is 12.3. The van der Waals surface area contributed by atoms with Crippen LogP contribution in [0.3, 0.4) is 0 Å². The molecule has 1 aliphatic carbocycles. The van der Waals surface area contributed by atoms with Gasteiger partial charge >= 0.3 is 0 Å². The maximum atomic E-state index is 12.3. The van der Waals surface area contributed by atoms with Gasteiger partial charge in [0.25, 0.3) is 0 Å². The maximum Gasteiger partial charge on any atom is 0.223 e. The number of amides is 1. The molecular weight excluding hydrogens is 262 g/mol. The van der Waals surface area contributed by atoms with E-state index in [1.807, 2.05) is 18.2 Å². The molecule has 1 amide bonds. The lowest BCUT2D eigenvalue weighted by Gasteiger charge is -2.33. The van der Waals surface area contributed by atoms with Crippen molar-refractivity contribution in [2.24, 2.45) is 5.92 Å². The Bertz CT molecular complexity index is 477. The number of hydrogen-bond donors (Lipinski definition) is 1. The smallest absolute Gasteiger partial charge is 0.223 e. The normalized spacial score (nSPS) is 20.8. The third-order valence-electron chi connectivity index (χ3n) is 4.45. The van der Waals surface area contributed by atoms with Crippen molar-refractivity contribution >= 4 is 5.91 Å². The first-order chi connectivity index (χ1) is 10.2. The number of benzene rings is 1. The molecular formula is C18H25NO2. The molecule has 114 valence electrons. The van der Waals surface area contributed by atoms with Crippen LogP contribution in [0.15, 0.2) is 42.5 Å². The van der Waals surface area contributed by atoms with Gasteiger partial charge in [0.15, 0.2) is 0 Å². The summed E-state index contributed by atoms with van der Waals surface area (Å²) in [6.07, 6.45) is 7.87. The Labute approximate surface area is 127 Å². The first kappa shape index (κ1) is 15.8. The van der Waals surface area contributed by atoms with Crippen LogP contribution in [0.5, 0.6) is 0 Å². The SMILES string of the molecule is CC[C@@](CNC(=O)[C@H]1CC=CCC1)(OC)c1ccccc1. The predicted octanol–water partition coefficient (Wildman–Crippen LogP) is 3.41. The van der Waals surface area contributed by atoms with E-state index in [9.17, 15) is 4.79 Å². The lowest BCUT2D eigenvalue weighted by atomic mass is 9.89. The Kier molecular flexibility index (Phi) is 5.57. The number of carbonyl (C=O) groups is 1. The fourth-order valence-electron chi connectivity index (χ4n) is 2.91. The van der Waals surface area contributed by atoms with Crippen LogP contribution in [0.4, 0.5) is 0 Å². The van der Waals surface area contributed by atoms with Crippen molar-refractivity contribution < 1.29 is 9.53 Å². The average molecular weight is 287 g/mol. The Balaban J connectivity index is 2.03. The standard InChI is InChI=1S/C18H25NO2/c1-3-18(21-2,16-12-8-5-9-13-16)14-19-17(20)15-10-6-4-7-11-15/h4-6,8-9,12-13,15H,3,7,10-11,14H2,1-2H3,(H,19,20)/t15-,18-/m0/s1. The second kappa shape index (κ2) is 7.41. The fraction of sp³-hybridized carbons (Fsp3) is 0.500. The van der Waals surface area contributed by atoms with Crippen LogP contribution in [-0.4, -0.2) is 19.6 Å². The molecule has 0 unspecified atom stereocenters. The quantitative estimate of drug-likeness (QED) is 0.814. The van der Waals surface area contributed by atoms with Crippen LogP contribution in [-0.2, 0) is 15.1 Å². The molecule has 21 heavy (non-hydrogen) atoms. The Hall–Kier alpha value is -1.61. The summed E-state index contributed by atoms with van der Waals surface area (Å²) in [7, 11) is 1.71. The first-order valence-electron chi connectivity index (χ1n) is 7.75. The van der Waals surface area contributed by atoms with Crippen molar-refractivity contribution in [3.05, 3.63) is 48.0 Å². The Morgan fingerprint density at radius 2 is 2.10 bits per heavy atom. The summed E-state index contributed by atoms with van der Waals surface area (Å²) in [5.74, 6) is 0.252. The first-order valence-corrected chi connectivity index (χ1v) is 7.75. The van der Waals surface area contributed by atoms with Crippen molar-refractivity contribution in [1.29, 1.82) is 0 Å². The highest BCUT2D eigenvalue weighted by molar-refractivity contribution is 5.79. The topological polar surface area (TPSA) is 38.3 Å². The van der Waals surface area contributed by atoms with E-state index in [1.165, 1.54) is 0 Å². The van der Waals surface area contributed by atoms with Gasteiger partial charge in [-0.3, -0.25) is 4.79 Å². The van der Waals surface area contributed by atoms with E-state index in [-0.39, 0.29) is 11.8 Å². The van der Waals surface area contributed by atoms with E-state index in [0.717, 1.165) is 31.2 Å². The van der Waals surface area contributed by atoms with Crippen molar-refractivity contribution in [2.45, 2.75) is 38.2 Å². The lowest BCUT2D eigenvalue weighted by Crippen LogP contribution is -2.44. The molecule has 1 aliphatic rings. The average Bonchev–Trinajstić information content (AvgIpc) is 2.58. The third kappa shape index (κ3) is 3.73. The molecule has 0 heterocycles. The summed E-state index contributed by atoms with van der Waals surface area (Å²) >= 11 is 0. The van der Waals surface area contributed by atoms with Crippen LogP contribution in [0, 0.1) is 5.92 Å². The van der Waals surface area contributed by atoms with Crippen LogP contribution in [0.1, 0.15) is 38.2 Å². The zero-order valence-corrected chi connectivity index (χ0v) is 13.0. The monoisotopic (exact) mass is 287 g/mol. The van der Waals surface area contributed by atoms with E-state index in [1.54, 1.807) is 7.11 Å². The Morgan fingerprint density at radius 3 is 2.67 bits per heavy atom. The van der Waals surface area contributed by atoms with E-state index >= 15 is 0 Å². The van der Waals surface area contributed by atoms with E-state index in [4.69, 9.17) is 4.74 Å². The van der Waals surface area contributed by atoms with Gasteiger partial charge in [-0.1, -0.05) is 49.4 Å². The molecule has 0 saturated heterocycles. The molecule has 0 aliphatic heterocycles. The molecule has 1 aromatic rings. The second-order valence-corrected chi connectivity index (χ2v) is 5.62. The predicted molar refractivity (Wildman–Crippen MR) is 84.9 cm³/mol. The molecule has 0 saturated carbocycles. The number of hydrogen-bond acceptors (Lipinski definition) is 2. The third-order valence-corrected chi connectivity index (χ3v) is 4.45. The fourth-order valence-corrected chi connectivity index (χ4v) is 2.91. The zero-order chi connectivity index (χ0) is 15.1. The molecule has 2 rings (SSSR count). The van der Waals surface area contributed by atoms with Gasteiger partial charge in [0, 0.05) is 13.0 Å². The molecule has 0 spiro atoms. The minimum Gasteiger partial charge on any atom is -0.372 e. The number of ether oxygens (including phenoxy) is 1. The minimum atomic E-state index is -0.443. The van der Waals surface area contributed by atoms with E-state index in [2.05, 4.69) is 36.5 Å². The molecule has 0 fully saturated rings. The van der Waals surface area contributed by atoms with Crippen molar-refractivity contribution in [1.82, 2.24) is 5.32 Å². The summed E-state index contributed by atoms with van der Waals surface area (Å²) < 4.78 is 5.78. The van der Waals surface area contributed by atoms with Gasteiger partial charge in [-0.15, -0.1) is 0 Å². The van der Waals surface area contributed by atoms with Gasteiger partial charge in [-0.05, 0) is 31.2 Å². The number of carbonyl (C=O) groups excluding carboxylic acids is 1. The van der Waals surface area contributed by atoms with Crippen LogP contribution < -0.4 is 5.32 Å². The summed E-state index contributed by atoms with van der Waals surface area (Å²) in [5.41, 5.74) is 0.667. The number of methoxy groups -OCH3 is 1. The van der Waals surface area contributed by atoms with Gasteiger partial charge in [-0.25, -0.2) is 0 Å². The van der Waals surface area contributed by atoms with Crippen LogP contribution in [0.25, 0.3) is 0 Å². The van der Waals surface area contributed by atoms with Crippen molar-refractivity contribution in [3.63, 3.8) is 0 Å². The molecule has 2 atom stereocenters. The second-order valence-electron chi connectivity index (χ2n) is 5.62. The molecule has 3 nitrogen and oxygen atoms in total. The highest BCUT2D eigenvalue weighted by Gasteiger charge is 2.31. The molecule has 0 aromatic heterocycles. The van der Waals surface area contributed by atoms with Crippen molar-refractivity contribution in [3.8, 4) is 0 Å². The lowest BCUT2D eigenvalue weighted by molar-refractivity contribution is -0.127. The maximum absolute atomic E-state index is 12.3. The van der Waals surface area contributed by atoms with Crippen LogP contribution in [0.2, 0.25) is 0 Å². The molecule has 3 heteroatoms. The van der Waals surface area contributed by atoms with E-state index < -0.39 is 5.60 Å². The number of allylic oxidation sites excluding steroid dienone is 2. The molecule has 0 radical (unpaired) electrons. The highest BCUT2D eigenvalue weighted by Crippen LogP contribution is 2.28. The Morgan fingerprint density at radius 1 is 1.33 bits per heavy atom. The molecule has 1 N–H and O–H groups in total. The van der Waals surface area contributed by atoms with Gasteiger partial charge in [0.2, 0.25) is 5.91 Å². The minimum absolute atomic E-state index is 0.109. The summed E-state index contributed by atoms with van der Waals surface area (Å²) in [5, 5.41) is 3.10.